The first kappa shape index (κ1) is 27.8. The van der Waals surface area contributed by atoms with Gasteiger partial charge in [-0.2, -0.15) is 8.62 Å². The van der Waals surface area contributed by atoms with E-state index in [0.717, 1.165) is 10.8 Å². The molecule has 3 heterocycles. The molecule has 0 radical (unpaired) electrons. The maximum Gasteiger partial charge on any atom is 0.490 e. The number of imidazole rings is 1. The van der Waals surface area contributed by atoms with Crippen molar-refractivity contribution in [2.24, 2.45) is 7.05 Å². The van der Waals surface area contributed by atoms with Crippen molar-refractivity contribution in [3.05, 3.63) is 45.0 Å². The zero-order chi connectivity index (χ0) is 26.3. The normalized spacial score (nSPS) is 26.4. The van der Waals surface area contributed by atoms with E-state index in [1.165, 1.54) is 17.0 Å². The number of phosphoric acid groups is 3. The predicted molar refractivity (Wildman–Crippen MR) is 109 cm³/mol. The first-order chi connectivity index (χ1) is 16.0. The molecule has 1 aliphatic heterocycles. The molecular formula is C13H19N4O15P3. The van der Waals surface area contributed by atoms with E-state index in [-0.39, 0.29) is 11.5 Å². The average molecular weight is 564 g/mol. The zero-order valence-electron chi connectivity index (χ0n) is 17.3. The third kappa shape index (κ3) is 6.69. The van der Waals surface area contributed by atoms with Gasteiger partial charge in [-0.25, -0.2) is 28.0 Å². The van der Waals surface area contributed by atoms with Gasteiger partial charge in [-0.15, -0.1) is 0 Å². The molecular weight excluding hydrogens is 545 g/mol. The van der Waals surface area contributed by atoms with Crippen molar-refractivity contribution in [3.63, 3.8) is 0 Å². The van der Waals surface area contributed by atoms with Crippen LogP contribution in [0.25, 0.3) is 5.95 Å². The van der Waals surface area contributed by atoms with Crippen LogP contribution in [0.15, 0.2) is 28.2 Å². The molecule has 19 nitrogen and oxygen atoms in total. The number of aliphatic hydroxyl groups is 2. The Hall–Kier alpha value is -1.82. The summed E-state index contributed by atoms with van der Waals surface area (Å²) in [5, 5.41) is 20.6. The van der Waals surface area contributed by atoms with Crippen molar-refractivity contribution >= 4 is 23.5 Å². The molecule has 1 aliphatic rings. The highest BCUT2D eigenvalue weighted by Gasteiger charge is 2.47. The number of aliphatic hydroxyl groups excluding tert-OH is 2. The molecule has 7 N–H and O–H groups in total. The molecule has 196 valence electrons. The van der Waals surface area contributed by atoms with Gasteiger partial charge < -0.3 is 39.1 Å². The molecule has 0 amide bonds. The van der Waals surface area contributed by atoms with Crippen molar-refractivity contribution in [1.29, 1.82) is 0 Å². The molecule has 0 aliphatic carbocycles. The third-order valence-electron chi connectivity index (χ3n) is 4.47. The largest absolute Gasteiger partial charge is 0.490 e. The molecule has 3 rings (SSSR count). The Kier molecular flexibility index (Phi) is 7.86. The van der Waals surface area contributed by atoms with Gasteiger partial charge in [-0.1, -0.05) is 0 Å². The molecule has 0 spiro atoms. The Balaban J connectivity index is 1.77. The average Bonchev–Trinajstić information content (AvgIpc) is 3.22. The van der Waals surface area contributed by atoms with E-state index in [1.54, 1.807) is 7.05 Å². The Labute approximate surface area is 193 Å². The first-order valence-electron chi connectivity index (χ1n) is 9.13. The Bertz CT molecular complexity index is 1350. The van der Waals surface area contributed by atoms with Gasteiger partial charge in [0.05, 0.1) is 12.2 Å². The second-order valence-electron chi connectivity index (χ2n) is 7.01. The molecule has 1 saturated heterocycles. The summed E-state index contributed by atoms with van der Waals surface area (Å²) in [6.45, 7) is -1.07. The molecule has 35 heavy (non-hydrogen) atoms. The van der Waals surface area contributed by atoms with Crippen LogP contribution in [0.1, 0.15) is 11.7 Å². The highest BCUT2D eigenvalue weighted by molar-refractivity contribution is 7.66. The number of aryl methyl sites for hydroxylation is 1. The minimum Gasteiger partial charge on any atom is -0.387 e. The van der Waals surface area contributed by atoms with Crippen LogP contribution in [0.4, 0.5) is 0 Å². The zero-order valence-corrected chi connectivity index (χ0v) is 20.0. The standard InChI is InChI=1S/C13H19N4O15P3/c1-16-3-2-14-12(16)17-4-6(11(20)15-13(17)21)10-9(19)8(18)7(30-10)5-29-34(25,26)32-35(27,28)31-33(22,23)24/h2-4,7-10,18-19H,5H2,1H3,(H,25,26)(H,27,28)(H,15,20,21)(H2,22,23,24)/t7-,8?,9?,10+/m1/s1. The summed E-state index contributed by atoms with van der Waals surface area (Å²) < 4.78 is 53.1. The van der Waals surface area contributed by atoms with Crippen molar-refractivity contribution in [2.75, 3.05) is 6.61 Å². The van der Waals surface area contributed by atoms with Gasteiger partial charge in [0.1, 0.15) is 24.4 Å². The van der Waals surface area contributed by atoms with Crippen LogP contribution in [0.2, 0.25) is 0 Å². The lowest BCUT2D eigenvalue weighted by Gasteiger charge is -2.19. The second kappa shape index (κ2) is 9.91. The molecule has 22 heteroatoms. The van der Waals surface area contributed by atoms with Gasteiger partial charge in [0.25, 0.3) is 5.56 Å². The first-order valence-corrected chi connectivity index (χ1v) is 13.7. The Morgan fingerprint density at radius 3 is 2.31 bits per heavy atom. The number of nitrogens with zero attached hydrogens (tertiary/aromatic N) is 3. The van der Waals surface area contributed by atoms with Crippen LogP contribution >= 0.6 is 23.5 Å². The SMILES string of the molecule is Cn1ccnc1-n1cc([C@@H]2O[C@H](COP(=O)(O)OP(=O)(O)OP(=O)(O)O)C(O)C2O)c(=O)[nH]c1=O. The van der Waals surface area contributed by atoms with Crippen LogP contribution in [-0.2, 0) is 38.6 Å². The molecule has 1 fully saturated rings. The topological polar surface area (TPSA) is 282 Å². The number of aromatic nitrogens is 4. The highest BCUT2D eigenvalue weighted by atomic mass is 31.3. The Morgan fingerprint density at radius 2 is 1.74 bits per heavy atom. The number of H-pyrrole nitrogens is 1. The van der Waals surface area contributed by atoms with Crippen LogP contribution < -0.4 is 11.2 Å². The van der Waals surface area contributed by atoms with E-state index in [1.807, 2.05) is 4.98 Å². The van der Waals surface area contributed by atoms with Crippen molar-refractivity contribution in [1.82, 2.24) is 19.1 Å². The summed E-state index contributed by atoms with van der Waals surface area (Å²) in [7, 11) is -15.3. The van der Waals surface area contributed by atoms with E-state index in [0.29, 0.717) is 0 Å². The van der Waals surface area contributed by atoms with Crippen molar-refractivity contribution < 1.29 is 61.4 Å². The summed E-state index contributed by atoms with van der Waals surface area (Å²) >= 11 is 0. The molecule has 2 aromatic heterocycles. The molecule has 2 aromatic rings. The fourth-order valence-corrected chi connectivity index (χ4v) is 6.07. The number of nitrogens with one attached hydrogen (secondary N) is 1. The van der Waals surface area contributed by atoms with E-state index in [4.69, 9.17) is 19.4 Å². The van der Waals surface area contributed by atoms with E-state index in [2.05, 4.69) is 18.1 Å². The van der Waals surface area contributed by atoms with Crippen LogP contribution in [0, 0.1) is 0 Å². The maximum absolute atomic E-state index is 12.3. The molecule has 6 atom stereocenters. The number of rotatable bonds is 9. The summed E-state index contributed by atoms with van der Waals surface area (Å²) in [5.41, 5.74) is -2.18. The predicted octanol–water partition coefficient (Wildman–Crippen LogP) is -2.24. The minimum absolute atomic E-state index is 0.0877. The monoisotopic (exact) mass is 564 g/mol. The van der Waals surface area contributed by atoms with Crippen LogP contribution in [0.5, 0.6) is 0 Å². The summed E-state index contributed by atoms with van der Waals surface area (Å²) in [6.07, 6.45) is -2.94. The lowest BCUT2D eigenvalue weighted by molar-refractivity contribution is -0.0228. The smallest absolute Gasteiger partial charge is 0.387 e. The minimum atomic E-state index is -5.77. The number of hydrogen-bond donors (Lipinski definition) is 7. The molecule has 4 unspecified atom stereocenters. The summed E-state index contributed by atoms with van der Waals surface area (Å²) in [5.74, 6) is 0.0877. The molecule has 0 aromatic carbocycles. The maximum atomic E-state index is 12.3. The highest BCUT2D eigenvalue weighted by Crippen LogP contribution is 2.66. The van der Waals surface area contributed by atoms with Gasteiger partial charge in [0, 0.05) is 25.6 Å². The fourth-order valence-electron chi connectivity index (χ4n) is 3.04. The quantitative estimate of drug-likeness (QED) is 0.159. The van der Waals surface area contributed by atoms with E-state index >= 15 is 0 Å². The number of aromatic amines is 1. The van der Waals surface area contributed by atoms with E-state index < -0.39 is 65.7 Å². The fraction of sp³-hybridized carbons (Fsp3) is 0.462. The third-order valence-corrected chi connectivity index (χ3v) is 8.27. The van der Waals surface area contributed by atoms with Gasteiger partial charge in [-0.3, -0.25) is 14.3 Å². The van der Waals surface area contributed by atoms with Gasteiger partial charge in [0.15, 0.2) is 0 Å². The summed E-state index contributed by atoms with van der Waals surface area (Å²) in [6, 6.07) is 0. The molecule has 0 saturated carbocycles. The summed E-state index contributed by atoms with van der Waals surface area (Å²) in [4.78, 5) is 66.2. The van der Waals surface area contributed by atoms with Crippen LogP contribution in [0.3, 0.4) is 0 Å². The molecule has 0 bridgehead atoms. The lowest BCUT2D eigenvalue weighted by Crippen LogP contribution is -2.36. The van der Waals surface area contributed by atoms with E-state index in [9.17, 15) is 38.4 Å². The van der Waals surface area contributed by atoms with Gasteiger partial charge >= 0.3 is 29.2 Å². The van der Waals surface area contributed by atoms with Gasteiger partial charge in [-0.05, 0) is 0 Å². The second-order valence-corrected chi connectivity index (χ2v) is 11.4. The van der Waals surface area contributed by atoms with Crippen molar-refractivity contribution in [2.45, 2.75) is 24.4 Å². The van der Waals surface area contributed by atoms with Gasteiger partial charge in [0.2, 0.25) is 5.95 Å². The Morgan fingerprint density at radius 1 is 1.09 bits per heavy atom. The van der Waals surface area contributed by atoms with Crippen LogP contribution in [-0.4, -0.2) is 73.8 Å². The number of hydrogen-bond acceptors (Lipinski definition) is 12. The number of ether oxygens (including phenoxy) is 1. The lowest BCUT2D eigenvalue weighted by atomic mass is 10.0. The number of phosphoric ester groups is 1. The van der Waals surface area contributed by atoms with Crippen molar-refractivity contribution in [3.8, 4) is 5.95 Å².